The number of carbonyl (C=O) groups excluding carboxylic acids is 1. The van der Waals surface area contributed by atoms with E-state index in [-0.39, 0.29) is 17.1 Å². The molecule has 5 nitrogen and oxygen atoms in total. The zero-order chi connectivity index (χ0) is 16.0. The molecule has 0 fully saturated rings. The largest absolute Gasteiger partial charge is 0.344 e. The number of aromatic nitrogens is 3. The lowest BCUT2D eigenvalue weighted by molar-refractivity contribution is 0.236. The van der Waals surface area contributed by atoms with Crippen LogP contribution >= 0.6 is 0 Å². The van der Waals surface area contributed by atoms with Crippen molar-refractivity contribution in [2.24, 2.45) is 0 Å². The van der Waals surface area contributed by atoms with Crippen molar-refractivity contribution in [3.05, 3.63) is 59.2 Å². The minimum absolute atomic E-state index is 0.00414. The Morgan fingerprint density at radius 1 is 1.26 bits per heavy atom. The maximum atomic E-state index is 13.9. The van der Waals surface area contributed by atoms with Gasteiger partial charge in [0.15, 0.2) is 5.82 Å². The number of rotatable bonds is 1. The summed E-state index contributed by atoms with van der Waals surface area (Å²) in [6, 6.07) is 8.87. The van der Waals surface area contributed by atoms with Crippen LogP contribution in [-0.4, -0.2) is 21.0 Å². The van der Waals surface area contributed by atoms with Crippen molar-refractivity contribution in [1.29, 1.82) is 0 Å². The normalized spacial score (nSPS) is 16.5. The lowest BCUT2D eigenvalue weighted by Gasteiger charge is -2.13. The van der Waals surface area contributed by atoms with Crippen LogP contribution in [0.4, 0.5) is 13.6 Å². The summed E-state index contributed by atoms with van der Waals surface area (Å²) in [6.07, 6.45) is 1.65. The molecule has 3 aromatic rings. The van der Waals surface area contributed by atoms with Gasteiger partial charge in [-0.1, -0.05) is 29.5 Å². The zero-order valence-corrected chi connectivity index (χ0v) is 12.0. The van der Waals surface area contributed by atoms with E-state index in [1.165, 1.54) is 5.56 Å². The van der Waals surface area contributed by atoms with Crippen LogP contribution in [0, 0.1) is 11.6 Å². The average molecular weight is 314 g/mol. The first kappa shape index (κ1) is 13.8. The number of amides is 1. The third-order valence-corrected chi connectivity index (χ3v) is 4.08. The molecule has 0 radical (unpaired) electrons. The van der Waals surface area contributed by atoms with Crippen LogP contribution in [0.5, 0.6) is 0 Å². The van der Waals surface area contributed by atoms with Gasteiger partial charge in [-0.05, 0) is 24.0 Å². The predicted molar refractivity (Wildman–Crippen MR) is 78.9 cm³/mol. The fourth-order valence-electron chi connectivity index (χ4n) is 3.04. The summed E-state index contributed by atoms with van der Waals surface area (Å²) in [5, 5.41) is 10.1. The van der Waals surface area contributed by atoms with Crippen LogP contribution in [0.3, 0.4) is 0 Å². The third kappa shape index (κ3) is 2.25. The molecule has 1 N–H and O–H groups in total. The monoisotopic (exact) mass is 314 g/mol. The molecule has 1 aromatic heterocycles. The van der Waals surface area contributed by atoms with Crippen molar-refractivity contribution < 1.29 is 13.6 Å². The van der Waals surface area contributed by atoms with E-state index in [9.17, 15) is 13.6 Å². The topological polar surface area (TPSA) is 59.8 Å². The average Bonchev–Trinajstić information content (AvgIpc) is 3.12. The van der Waals surface area contributed by atoms with Crippen LogP contribution in [0.15, 0.2) is 36.4 Å². The van der Waals surface area contributed by atoms with E-state index in [2.05, 4.69) is 15.6 Å². The highest BCUT2D eigenvalue weighted by atomic mass is 19.1. The van der Waals surface area contributed by atoms with Crippen molar-refractivity contribution >= 4 is 17.1 Å². The maximum Gasteiger partial charge on any atom is 0.344 e. The Hall–Kier alpha value is -2.83. The molecule has 2 aromatic carbocycles. The summed E-state index contributed by atoms with van der Waals surface area (Å²) in [6.45, 7) is 0. The highest BCUT2D eigenvalue weighted by Crippen LogP contribution is 2.30. The molecule has 116 valence electrons. The molecule has 0 saturated heterocycles. The molecular weight excluding hydrogens is 302 g/mol. The van der Waals surface area contributed by atoms with Crippen molar-refractivity contribution in [2.45, 2.75) is 18.9 Å². The fraction of sp³-hybridized carbons (Fsp3) is 0.188. The van der Waals surface area contributed by atoms with E-state index in [1.54, 1.807) is 0 Å². The van der Waals surface area contributed by atoms with Crippen LogP contribution < -0.4 is 5.32 Å². The quantitative estimate of drug-likeness (QED) is 0.751. The van der Waals surface area contributed by atoms with E-state index in [0.29, 0.717) is 6.07 Å². The minimum atomic E-state index is -0.869. The number of benzene rings is 2. The molecule has 7 heteroatoms. The zero-order valence-electron chi connectivity index (χ0n) is 12.0. The number of fused-ring (bicyclic) bond motifs is 2. The molecule has 0 aliphatic heterocycles. The van der Waals surface area contributed by atoms with Gasteiger partial charge in [-0.3, -0.25) is 0 Å². The van der Waals surface area contributed by atoms with Gasteiger partial charge in [0.2, 0.25) is 0 Å². The molecular formula is C16H12F2N4O. The molecule has 1 atom stereocenters. The molecule has 0 saturated carbocycles. The Morgan fingerprint density at radius 2 is 2.09 bits per heavy atom. The van der Waals surface area contributed by atoms with Crippen LogP contribution in [0.2, 0.25) is 0 Å². The van der Waals surface area contributed by atoms with Gasteiger partial charge in [0.1, 0.15) is 16.9 Å². The number of hydrogen-bond donors (Lipinski definition) is 1. The Labute approximate surface area is 129 Å². The van der Waals surface area contributed by atoms with Gasteiger partial charge in [-0.25, -0.2) is 13.6 Å². The van der Waals surface area contributed by atoms with Gasteiger partial charge in [-0.2, -0.15) is 4.68 Å². The molecule has 0 spiro atoms. The van der Waals surface area contributed by atoms with Gasteiger partial charge < -0.3 is 5.32 Å². The summed E-state index contributed by atoms with van der Waals surface area (Å²) in [5.74, 6) is -1.63. The first-order chi connectivity index (χ1) is 11.1. The Balaban J connectivity index is 1.66. The van der Waals surface area contributed by atoms with Gasteiger partial charge in [0, 0.05) is 12.1 Å². The standard InChI is InChI=1S/C16H12F2N4O/c17-10-7-12(18)15-14(8-10)20-21-22(15)16(23)19-13-6-5-9-3-1-2-4-11(9)13/h1-4,7-8,13H,5-6H2,(H,19,23). The Morgan fingerprint density at radius 3 is 2.96 bits per heavy atom. The van der Waals surface area contributed by atoms with E-state index in [0.717, 1.165) is 29.2 Å². The molecule has 4 rings (SSSR count). The molecule has 0 bridgehead atoms. The van der Waals surface area contributed by atoms with Gasteiger partial charge in [-0.15, -0.1) is 5.10 Å². The van der Waals surface area contributed by atoms with E-state index in [1.807, 2.05) is 24.3 Å². The predicted octanol–water partition coefficient (Wildman–Crippen LogP) is 2.95. The summed E-state index contributed by atoms with van der Waals surface area (Å²) in [7, 11) is 0. The number of aryl methyl sites for hydroxylation is 1. The lowest BCUT2D eigenvalue weighted by Crippen LogP contribution is -2.32. The molecule has 1 aliphatic rings. The smallest absolute Gasteiger partial charge is 0.329 e. The molecule has 1 aliphatic carbocycles. The van der Waals surface area contributed by atoms with Crippen LogP contribution in [0.25, 0.3) is 11.0 Å². The SMILES string of the molecule is O=C(NC1CCc2ccccc21)n1nnc2cc(F)cc(F)c21. The second-order valence-corrected chi connectivity index (χ2v) is 5.50. The summed E-state index contributed by atoms with van der Waals surface area (Å²) < 4.78 is 28.0. The van der Waals surface area contributed by atoms with Crippen LogP contribution in [0.1, 0.15) is 23.6 Å². The molecule has 1 amide bonds. The molecule has 1 heterocycles. The van der Waals surface area contributed by atoms with Crippen molar-refractivity contribution in [3.8, 4) is 0 Å². The number of halogens is 2. The highest BCUT2D eigenvalue weighted by Gasteiger charge is 2.25. The van der Waals surface area contributed by atoms with Crippen molar-refractivity contribution in [2.75, 3.05) is 0 Å². The first-order valence-electron chi connectivity index (χ1n) is 7.22. The minimum Gasteiger partial charge on any atom is -0.329 e. The van der Waals surface area contributed by atoms with E-state index >= 15 is 0 Å². The number of nitrogens with zero attached hydrogens (tertiary/aromatic N) is 3. The van der Waals surface area contributed by atoms with Crippen molar-refractivity contribution in [1.82, 2.24) is 20.3 Å². The summed E-state index contributed by atoms with van der Waals surface area (Å²) in [4.78, 5) is 12.4. The fourth-order valence-corrected chi connectivity index (χ4v) is 3.04. The Bertz CT molecular complexity index is 922. The molecule has 1 unspecified atom stereocenters. The second kappa shape index (κ2) is 5.12. The molecule has 23 heavy (non-hydrogen) atoms. The highest BCUT2D eigenvalue weighted by molar-refractivity contribution is 5.88. The number of nitrogens with one attached hydrogen (secondary N) is 1. The first-order valence-corrected chi connectivity index (χ1v) is 7.22. The van der Waals surface area contributed by atoms with Crippen molar-refractivity contribution in [3.63, 3.8) is 0 Å². The third-order valence-electron chi connectivity index (χ3n) is 4.08. The summed E-state index contributed by atoms with van der Waals surface area (Å²) >= 11 is 0. The van der Waals surface area contributed by atoms with E-state index < -0.39 is 17.7 Å². The Kier molecular flexibility index (Phi) is 3.07. The maximum absolute atomic E-state index is 13.9. The van der Waals surface area contributed by atoms with Crippen LogP contribution in [-0.2, 0) is 6.42 Å². The number of carbonyl (C=O) groups is 1. The van der Waals surface area contributed by atoms with Gasteiger partial charge in [0.25, 0.3) is 0 Å². The lowest BCUT2D eigenvalue weighted by atomic mass is 10.1. The van der Waals surface area contributed by atoms with Gasteiger partial charge in [0.05, 0.1) is 6.04 Å². The second-order valence-electron chi connectivity index (χ2n) is 5.50. The number of hydrogen-bond acceptors (Lipinski definition) is 3. The summed E-state index contributed by atoms with van der Waals surface area (Å²) in [5.41, 5.74) is 2.12. The van der Waals surface area contributed by atoms with E-state index in [4.69, 9.17) is 0 Å². The van der Waals surface area contributed by atoms with Gasteiger partial charge >= 0.3 is 6.03 Å².